The fourth-order valence-corrected chi connectivity index (χ4v) is 2.06. The Kier molecular flexibility index (Phi) is 2.86. The molecule has 0 aromatic heterocycles. The summed E-state index contributed by atoms with van der Waals surface area (Å²) in [4.78, 5) is 2.58. The largest absolute Gasteiger partial charge is 0.290 e. The minimum absolute atomic E-state index is 0.363. The van der Waals surface area contributed by atoms with Gasteiger partial charge in [-0.3, -0.25) is 4.90 Å². The third-order valence-electron chi connectivity index (χ3n) is 2.78. The van der Waals surface area contributed by atoms with Crippen LogP contribution in [0.4, 0.5) is 0 Å². The Bertz CT molecular complexity index is 208. The standard InChI is InChI=1S/C12H23N/c1-9(2)13-8-10(3)7-11(13)12(4,5)6/h7,9,11H,8H2,1-6H3. The summed E-state index contributed by atoms with van der Waals surface area (Å²) in [5, 5.41) is 0. The molecule has 1 heterocycles. The fraction of sp³-hybridized carbons (Fsp3) is 0.833. The summed E-state index contributed by atoms with van der Waals surface area (Å²) in [6.07, 6.45) is 2.43. The molecule has 0 aromatic carbocycles. The van der Waals surface area contributed by atoms with Gasteiger partial charge in [0, 0.05) is 18.6 Å². The number of rotatable bonds is 1. The Morgan fingerprint density at radius 1 is 1.38 bits per heavy atom. The van der Waals surface area contributed by atoms with Crippen LogP contribution in [-0.4, -0.2) is 23.5 Å². The predicted molar refractivity (Wildman–Crippen MR) is 58.8 cm³/mol. The van der Waals surface area contributed by atoms with Crippen molar-refractivity contribution in [1.82, 2.24) is 4.90 Å². The second-order valence-electron chi connectivity index (χ2n) is 5.59. The molecule has 1 aliphatic heterocycles. The van der Waals surface area contributed by atoms with E-state index >= 15 is 0 Å². The van der Waals surface area contributed by atoms with Crippen LogP contribution in [0.3, 0.4) is 0 Å². The van der Waals surface area contributed by atoms with Gasteiger partial charge in [0.15, 0.2) is 0 Å². The normalized spacial score (nSPS) is 25.5. The zero-order valence-electron chi connectivity index (χ0n) is 9.89. The zero-order valence-corrected chi connectivity index (χ0v) is 9.89. The van der Waals surface area contributed by atoms with E-state index in [1.165, 1.54) is 5.57 Å². The third kappa shape index (κ3) is 2.34. The fourth-order valence-electron chi connectivity index (χ4n) is 2.06. The van der Waals surface area contributed by atoms with E-state index in [0.717, 1.165) is 6.54 Å². The average Bonchev–Trinajstić information content (AvgIpc) is 2.29. The van der Waals surface area contributed by atoms with Gasteiger partial charge in [0.1, 0.15) is 0 Å². The maximum atomic E-state index is 2.58. The van der Waals surface area contributed by atoms with E-state index in [-0.39, 0.29) is 0 Å². The van der Waals surface area contributed by atoms with Crippen LogP contribution in [0.25, 0.3) is 0 Å². The lowest BCUT2D eigenvalue weighted by Gasteiger charge is -2.37. The molecular weight excluding hydrogens is 158 g/mol. The Morgan fingerprint density at radius 2 is 1.92 bits per heavy atom. The van der Waals surface area contributed by atoms with E-state index in [1.54, 1.807) is 0 Å². The summed E-state index contributed by atoms with van der Waals surface area (Å²) < 4.78 is 0. The highest BCUT2D eigenvalue weighted by Crippen LogP contribution is 2.32. The molecular formula is C12H23N. The summed E-state index contributed by atoms with van der Waals surface area (Å²) in [7, 11) is 0. The average molecular weight is 181 g/mol. The molecule has 1 heteroatoms. The SMILES string of the molecule is CC1=CC(C(C)(C)C)N(C(C)C)C1. The Morgan fingerprint density at radius 3 is 2.23 bits per heavy atom. The predicted octanol–water partition coefficient (Wildman–Crippen LogP) is 3.07. The molecule has 1 aliphatic rings. The lowest BCUT2D eigenvalue weighted by molar-refractivity contribution is 0.129. The molecule has 1 unspecified atom stereocenters. The van der Waals surface area contributed by atoms with Crippen LogP contribution in [0.5, 0.6) is 0 Å². The van der Waals surface area contributed by atoms with E-state index in [9.17, 15) is 0 Å². The minimum Gasteiger partial charge on any atom is -0.290 e. The van der Waals surface area contributed by atoms with Crippen LogP contribution in [0.1, 0.15) is 41.5 Å². The second kappa shape index (κ2) is 3.45. The molecule has 76 valence electrons. The lowest BCUT2D eigenvalue weighted by Crippen LogP contribution is -2.43. The smallest absolute Gasteiger partial charge is 0.0335 e. The molecule has 1 nitrogen and oxygen atoms in total. The van der Waals surface area contributed by atoms with Gasteiger partial charge in [-0.1, -0.05) is 32.4 Å². The Labute approximate surface area is 82.8 Å². The van der Waals surface area contributed by atoms with Crippen molar-refractivity contribution in [2.24, 2.45) is 5.41 Å². The van der Waals surface area contributed by atoms with Gasteiger partial charge in [0.2, 0.25) is 0 Å². The van der Waals surface area contributed by atoms with Gasteiger partial charge < -0.3 is 0 Å². The van der Waals surface area contributed by atoms with E-state index in [1.807, 2.05) is 0 Å². The van der Waals surface area contributed by atoms with E-state index in [0.29, 0.717) is 17.5 Å². The van der Waals surface area contributed by atoms with Crippen LogP contribution in [0, 0.1) is 5.41 Å². The molecule has 0 N–H and O–H groups in total. The van der Waals surface area contributed by atoms with Crippen molar-refractivity contribution in [2.45, 2.75) is 53.6 Å². The Hall–Kier alpha value is -0.300. The number of hydrogen-bond acceptors (Lipinski definition) is 1. The molecule has 0 spiro atoms. The molecule has 0 radical (unpaired) electrons. The molecule has 0 aromatic rings. The Balaban J connectivity index is 2.81. The highest BCUT2D eigenvalue weighted by Gasteiger charge is 2.33. The first-order valence-electron chi connectivity index (χ1n) is 5.25. The second-order valence-corrected chi connectivity index (χ2v) is 5.59. The van der Waals surface area contributed by atoms with Gasteiger partial charge in [-0.2, -0.15) is 0 Å². The maximum absolute atomic E-state index is 2.58. The maximum Gasteiger partial charge on any atom is 0.0335 e. The first kappa shape index (κ1) is 10.8. The van der Waals surface area contributed by atoms with Crippen LogP contribution in [-0.2, 0) is 0 Å². The van der Waals surface area contributed by atoms with Gasteiger partial charge in [-0.25, -0.2) is 0 Å². The van der Waals surface area contributed by atoms with Gasteiger partial charge in [-0.15, -0.1) is 0 Å². The zero-order chi connectivity index (χ0) is 10.2. The van der Waals surface area contributed by atoms with E-state index in [2.05, 4.69) is 52.5 Å². The van der Waals surface area contributed by atoms with Gasteiger partial charge in [0.25, 0.3) is 0 Å². The van der Waals surface area contributed by atoms with E-state index in [4.69, 9.17) is 0 Å². The van der Waals surface area contributed by atoms with Crippen molar-refractivity contribution in [1.29, 1.82) is 0 Å². The van der Waals surface area contributed by atoms with Crippen LogP contribution in [0.15, 0.2) is 11.6 Å². The topological polar surface area (TPSA) is 3.24 Å². The van der Waals surface area contributed by atoms with Crippen LogP contribution in [0.2, 0.25) is 0 Å². The van der Waals surface area contributed by atoms with Crippen molar-refractivity contribution in [3.63, 3.8) is 0 Å². The first-order valence-corrected chi connectivity index (χ1v) is 5.25. The lowest BCUT2D eigenvalue weighted by atomic mass is 9.86. The summed E-state index contributed by atoms with van der Waals surface area (Å²) >= 11 is 0. The molecule has 0 fully saturated rings. The highest BCUT2D eigenvalue weighted by atomic mass is 15.2. The molecule has 1 atom stereocenters. The molecule has 0 bridgehead atoms. The first-order chi connectivity index (χ1) is 5.82. The molecule has 0 saturated heterocycles. The van der Waals surface area contributed by atoms with Crippen molar-refractivity contribution >= 4 is 0 Å². The highest BCUT2D eigenvalue weighted by molar-refractivity contribution is 5.17. The molecule has 1 rings (SSSR count). The molecule has 0 aliphatic carbocycles. The quantitative estimate of drug-likeness (QED) is 0.562. The van der Waals surface area contributed by atoms with Gasteiger partial charge in [0.05, 0.1) is 0 Å². The summed E-state index contributed by atoms with van der Waals surface area (Å²) in [5.41, 5.74) is 1.88. The van der Waals surface area contributed by atoms with Gasteiger partial charge in [-0.05, 0) is 26.2 Å². The monoisotopic (exact) mass is 181 g/mol. The molecule has 0 saturated carbocycles. The van der Waals surface area contributed by atoms with Crippen molar-refractivity contribution in [3.8, 4) is 0 Å². The third-order valence-corrected chi connectivity index (χ3v) is 2.78. The van der Waals surface area contributed by atoms with Crippen molar-refractivity contribution in [3.05, 3.63) is 11.6 Å². The van der Waals surface area contributed by atoms with Crippen LogP contribution >= 0.6 is 0 Å². The summed E-state index contributed by atoms with van der Waals surface area (Å²) in [5.74, 6) is 0. The van der Waals surface area contributed by atoms with Crippen molar-refractivity contribution in [2.75, 3.05) is 6.54 Å². The summed E-state index contributed by atoms with van der Waals surface area (Å²) in [6, 6.07) is 1.27. The van der Waals surface area contributed by atoms with Gasteiger partial charge >= 0.3 is 0 Å². The van der Waals surface area contributed by atoms with E-state index < -0.39 is 0 Å². The molecule has 0 amide bonds. The minimum atomic E-state index is 0.363. The van der Waals surface area contributed by atoms with Crippen molar-refractivity contribution < 1.29 is 0 Å². The molecule has 13 heavy (non-hydrogen) atoms. The van der Waals surface area contributed by atoms with Crippen LogP contribution < -0.4 is 0 Å². The number of hydrogen-bond donors (Lipinski definition) is 0. The summed E-state index contributed by atoms with van der Waals surface area (Å²) in [6.45, 7) is 14.9. The number of nitrogens with zero attached hydrogens (tertiary/aromatic N) is 1.